The fraction of sp³-hybridized carbons (Fsp3) is 0.333. The Bertz CT molecular complexity index is 409. The van der Waals surface area contributed by atoms with Gasteiger partial charge in [0.1, 0.15) is 0 Å². The molecule has 0 aromatic carbocycles. The van der Waals surface area contributed by atoms with Crippen LogP contribution in [-0.2, 0) is 4.79 Å². The minimum absolute atomic E-state index is 0.0453. The summed E-state index contributed by atoms with van der Waals surface area (Å²) in [5, 5.41) is 2.89. The largest absolute Gasteiger partial charge is 0.330 e. The summed E-state index contributed by atoms with van der Waals surface area (Å²) in [7, 11) is 0. The number of carbonyl (C=O) groups is 1. The molecule has 15 heavy (non-hydrogen) atoms. The molecule has 1 aromatic heterocycles. The van der Waals surface area contributed by atoms with E-state index in [4.69, 9.17) is 0 Å². The van der Waals surface area contributed by atoms with E-state index in [0.717, 1.165) is 17.7 Å². The minimum atomic E-state index is 0.0453. The predicted octanol–water partition coefficient (Wildman–Crippen LogP) is 1.97. The van der Waals surface area contributed by atoms with Crippen LogP contribution in [0.1, 0.15) is 25.8 Å². The van der Waals surface area contributed by atoms with Gasteiger partial charge in [-0.1, -0.05) is 13.0 Å². The molecule has 2 heterocycles. The summed E-state index contributed by atoms with van der Waals surface area (Å²) in [6, 6.07) is 3.94. The number of carbonyl (C=O) groups excluding carboxylic acids is 1. The second kappa shape index (κ2) is 3.85. The Balaban J connectivity index is 2.37. The number of rotatable bonds is 1. The van der Waals surface area contributed by atoms with Crippen LogP contribution in [0.2, 0.25) is 0 Å². The van der Waals surface area contributed by atoms with Crippen LogP contribution in [0.15, 0.2) is 30.2 Å². The molecule has 0 saturated heterocycles. The molecular weight excluding hydrogens is 188 g/mol. The highest BCUT2D eigenvalue weighted by Crippen LogP contribution is 2.28. The first-order valence-electron chi connectivity index (χ1n) is 5.09. The molecule has 3 nitrogen and oxygen atoms in total. The number of pyridine rings is 1. The van der Waals surface area contributed by atoms with Gasteiger partial charge in [0.15, 0.2) is 0 Å². The number of aromatic nitrogens is 1. The first-order valence-corrected chi connectivity index (χ1v) is 5.09. The Morgan fingerprint density at radius 2 is 2.33 bits per heavy atom. The van der Waals surface area contributed by atoms with E-state index in [9.17, 15) is 4.79 Å². The highest BCUT2D eigenvalue weighted by atomic mass is 16.1. The van der Waals surface area contributed by atoms with Crippen LogP contribution in [0.5, 0.6) is 0 Å². The molecule has 1 unspecified atom stereocenters. The van der Waals surface area contributed by atoms with Gasteiger partial charge in [0.05, 0.1) is 0 Å². The molecule has 0 bridgehead atoms. The molecule has 2 rings (SSSR count). The molecular formula is C12H14N2O. The molecule has 0 radical (unpaired) electrons. The van der Waals surface area contributed by atoms with Gasteiger partial charge in [-0.2, -0.15) is 0 Å². The van der Waals surface area contributed by atoms with Gasteiger partial charge in [-0.15, -0.1) is 0 Å². The fourth-order valence-corrected chi connectivity index (χ4v) is 1.81. The zero-order chi connectivity index (χ0) is 10.8. The molecule has 1 amide bonds. The number of allylic oxidation sites excluding steroid dienone is 2. The van der Waals surface area contributed by atoms with Crippen molar-refractivity contribution in [3.8, 4) is 0 Å². The van der Waals surface area contributed by atoms with Gasteiger partial charge in [0.25, 0.3) is 0 Å². The van der Waals surface area contributed by atoms with E-state index in [1.54, 1.807) is 6.20 Å². The Morgan fingerprint density at radius 3 is 3.00 bits per heavy atom. The summed E-state index contributed by atoms with van der Waals surface area (Å²) in [4.78, 5) is 15.5. The third-order valence-electron chi connectivity index (χ3n) is 2.73. The van der Waals surface area contributed by atoms with Crippen molar-refractivity contribution in [1.29, 1.82) is 0 Å². The van der Waals surface area contributed by atoms with Crippen LogP contribution in [0, 0.1) is 5.92 Å². The highest BCUT2D eigenvalue weighted by molar-refractivity contribution is 5.87. The lowest BCUT2D eigenvalue weighted by Gasteiger charge is -2.23. The van der Waals surface area contributed by atoms with Crippen molar-refractivity contribution in [2.45, 2.75) is 20.3 Å². The average molecular weight is 202 g/mol. The summed E-state index contributed by atoms with van der Waals surface area (Å²) in [5.74, 6) is 0.157. The smallest absolute Gasteiger partial charge is 0.227 e. The molecule has 3 heteroatoms. The summed E-state index contributed by atoms with van der Waals surface area (Å²) in [6.07, 6.45) is 4.39. The Hall–Kier alpha value is -1.64. The van der Waals surface area contributed by atoms with Gasteiger partial charge in [0, 0.05) is 24.0 Å². The van der Waals surface area contributed by atoms with Crippen LogP contribution in [0.25, 0.3) is 5.57 Å². The highest BCUT2D eigenvalue weighted by Gasteiger charge is 2.23. The van der Waals surface area contributed by atoms with Gasteiger partial charge in [-0.05, 0) is 30.5 Å². The topological polar surface area (TPSA) is 42.0 Å². The number of nitrogens with one attached hydrogen (secondary N) is 1. The van der Waals surface area contributed by atoms with Gasteiger partial charge in [0.2, 0.25) is 5.91 Å². The Morgan fingerprint density at radius 1 is 1.53 bits per heavy atom. The second-order valence-electron chi connectivity index (χ2n) is 3.94. The van der Waals surface area contributed by atoms with Gasteiger partial charge in [-0.3, -0.25) is 9.78 Å². The maximum absolute atomic E-state index is 11.4. The van der Waals surface area contributed by atoms with E-state index in [0.29, 0.717) is 0 Å². The standard InChI is InChI=1S/C12H14N2O/c1-8-6-11(9(2)14-12(8)15)10-4-3-5-13-7-10/h3-5,7-8H,6H2,1-2H3,(H,14,15). The van der Waals surface area contributed by atoms with Crippen molar-refractivity contribution >= 4 is 11.5 Å². The summed E-state index contributed by atoms with van der Waals surface area (Å²) in [5.41, 5.74) is 3.24. The predicted molar refractivity (Wildman–Crippen MR) is 58.8 cm³/mol. The molecule has 0 fully saturated rings. The SMILES string of the molecule is CC1=C(c2cccnc2)CC(C)C(=O)N1. The lowest BCUT2D eigenvalue weighted by Crippen LogP contribution is -2.32. The van der Waals surface area contributed by atoms with Gasteiger partial charge >= 0.3 is 0 Å². The summed E-state index contributed by atoms with van der Waals surface area (Å²) < 4.78 is 0. The van der Waals surface area contributed by atoms with E-state index < -0.39 is 0 Å². The maximum atomic E-state index is 11.4. The number of amides is 1. The van der Waals surface area contributed by atoms with Gasteiger partial charge in [-0.25, -0.2) is 0 Å². The van der Waals surface area contributed by atoms with Crippen molar-refractivity contribution in [2.24, 2.45) is 5.92 Å². The van der Waals surface area contributed by atoms with E-state index in [1.165, 1.54) is 5.57 Å². The molecule has 0 spiro atoms. The fourth-order valence-electron chi connectivity index (χ4n) is 1.81. The van der Waals surface area contributed by atoms with E-state index in [1.807, 2.05) is 32.2 Å². The lowest BCUT2D eigenvalue weighted by atomic mass is 9.91. The van der Waals surface area contributed by atoms with Crippen molar-refractivity contribution in [3.63, 3.8) is 0 Å². The third-order valence-corrected chi connectivity index (χ3v) is 2.73. The first-order chi connectivity index (χ1) is 7.18. The molecule has 1 aliphatic rings. The van der Waals surface area contributed by atoms with Crippen molar-refractivity contribution < 1.29 is 4.79 Å². The van der Waals surface area contributed by atoms with E-state index >= 15 is 0 Å². The minimum Gasteiger partial charge on any atom is -0.330 e. The van der Waals surface area contributed by atoms with Crippen LogP contribution < -0.4 is 5.32 Å². The maximum Gasteiger partial charge on any atom is 0.227 e. The third kappa shape index (κ3) is 1.91. The van der Waals surface area contributed by atoms with Crippen molar-refractivity contribution in [2.75, 3.05) is 0 Å². The number of hydrogen-bond donors (Lipinski definition) is 1. The van der Waals surface area contributed by atoms with Crippen molar-refractivity contribution in [1.82, 2.24) is 10.3 Å². The molecule has 1 N–H and O–H groups in total. The monoisotopic (exact) mass is 202 g/mol. The Labute approximate surface area is 89.2 Å². The van der Waals surface area contributed by atoms with Crippen LogP contribution in [-0.4, -0.2) is 10.9 Å². The average Bonchev–Trinajstić information content (AvgIpc) is 2.25. The summed E-state index contributed by atoms with van der Waals surface area (Å²) in [6.45, 7) is 3.88. The van der Waals surface area contributed by atoms with Crippen LogP contribution in [0.3, 0.4) is 0 Å². The van der Waals surface area contributed by atoms with E-state index in [2.05, 4.69) is 10.3 Å². The molecule has 1 aliphatic heterocycles. The van der Waals surface area contributed by atoms with Crippen LogP contribution >= 0.6 is 0 Å². The zero-order valence-electron chi connectivity index (χ0n) is 8.95. The molecule has 78 valence electrons. The van der Waals surface area contributed by atoms with Crippen LogP contribution in [0.4, 0.5) is 0 Å². The number of hydrogen-bond acceptors (Lipinski definition) is 2. The molecule has 1 aromatic rings. The second-order valence-corrected chi connectivity index (χ2v) is 3.94. The van der Waals surface area contributed by atoms with Crippen molar-refractivity contribution in [3.05, 3.63) is 35.8 Å². The normalized spacial score (nSPS) is 21.5. The summed E-state index contributed by atoms with van der Waals surface area (Å²) >= 11 is 0. The molecule has 0 saturated carbocycles. The molecule has 0 aliphatic carbocycles. The van der Waals surface area contributed by atoms with Gasteiger partial charge < -0.3 is 5.32 Å². The lowest BCUT2D eigenvalue weighted by molar-refractivity contribution is -0.123. The Kier molecular flexibility index (Phi) is 2.54. The quantitative estimate of drug-likeness (QED) is 0.756. The zero-order valence-corrected chi connectivity index (χ0v) is 8.95. The first kappa shape index (κ1) is 9.90. The number of nitrogens with zero attached hydrogens (tertiary/aromatic N) is 1. The van der Waals surface area contributed by atoms with E-state index in [-0.39, 0.29) is 11.8 Å². The molecule has 1 atom stereocenters.